The van der Waals surface area contributed by atoms with Crippen LogP contribution >= 0.6 is 24.0 Å². The molecule has 0 aliphatic heterocycles. The minimum Gasteiger partial charge on any atom is -0.370 e. The Hall–Kier alpha value is -1.57. The SMILES string of the molecule is CC(C)CNC(N)=NCc1cn(C)nc1-c1ccccc1.I. The highest BCUT2D eigenvalue weighted by molar-refractivity contribution is 14.0. The van der Waals surface area contributed by atoms with Gasteiger partial charge in [-0.05, 0) is 5.92 Å². The summed E-state index contributed by atoms with van der Waals surface area (Å²) >= 11 is 0. The topological polar surface area (TPSA) is 68.2 Å². The van der Waals surface area contributed by atoms with Gasteiger partial charge in [0.25, 0.3) is 0 Å². The number of rotatable bonds is 5. The van der Waals surface area contributed by atoms with Crippen molar-refractivity contribution in [2.45, 2.75) is 20.4 Å². The Labute approximate surface area is 149 Å². The number of hydrogen-bond donors (Lipinski definition) is 2. The lowest BCUT2D eigenvalue weighted by molar-refractivity contribution is 0.622. The number of hydrogen-bond acceptors (Lipinski definition) is 2. The first-order valence-electron chi connectivity index (χ1n) is 7.18. The van der Waals surface area contributed by atoms with E-state index in [0.717, 1.165) is 23.4 Å². The largest absolute Gasteiger partial charge is 0.370 e. The Morgan fingerprint density at radius 3 is 2.64 bits per heavy atom. The first kappa shape index (κ1) is 18.5. The summed E-state index contributed by atoms with van der Waals surface area (Å²) in [6, 6.07) is 10.1. The van der Waals surface area contributed by atoms with Crippen LogP contribution in [0.2, 0.25) is 0 Å². The molecule has 1 aromatic heterocycles. The molecule has 120 valence electrons. The van der Waals surface area contributed by atoms with E-state index < -0.39 is 0 Å². The van der Waals surface area contributed by atoms with Gasteiger partial charge in [0, 0.05) is 30.9 Å². The van der Waals surface area contributed by atoms with Gasteiger partial charge in [0.2, 0.25) is 0 Å². The fraction of sp³-hybridized carbons (Fsp3) is 0.375. The summed E-state index contributed by atoms with van der Waals surface area (Å²) in [5.41, 5.74) is 9.00. The third-order valence-electron chi connectivity index (χ3n) is 3.06. The van der Waals surface area contributed by atoms with Crippen LogP contribution in [0, 0.1) is 5.92 Å². The summed E-state index contributed by atoms with van der Waals surface area (Å²) in [6.07, 6.45) is 1.99. The molecule has 6 heteroatoms. The van der Waals surface area contributed by atoms with E-state index in [1.807, 2.05) is 36.1 Å². The number of nitrogens with one attached hydrogen (secondary N) is 1. The minimum atomic E-state index is 0. The molecule has 0 amide bonds. The second-order valence-corrected chi connectivity index (χ2v) is 5.52. The predicted molar refractivity (Wildman–Crippen MR) is 102 cm³/mol. The van der Waals surface area contributed by atoms with Gasteiger partial charge < -0.3 is 11.1 Å². The van der Waals surface area contributed by atoms with Crippen LogP contribution in [0.15, 0.2) is 41.5 Å². The van der Waals surface area contributed by atoms with Crippen LogP contribution in [0.3, 0.4) is 0 Å². The Morgan fingerprint density at radius 2 is 2.00 bits per heavy atom. The Morgan fingerprint density at radius 1 is 1.32 bits per heavy atom. The molecule has 0 unspecified atom stereocenters. The second-order valence-electron chi connectivity index (χ2n) is 5.52. The standard InChI is InChI=1S/C16H23N5.HI/c1-12(2)9-18-16(17)19-10-14-11-21(3)20-15(14)13-7-5-4-6-8-13;/h4-8,11-12H,9-10H2,1-3H3,(H3,17,18,19);1H. The Balaban J connectivity index is 0.00000242. The maximum atomic E-state index is 5.88. The van der Waals surface area contributed by atoms with Crippen molar-refractivity contribution < 1.29 is 0 Å². The predicted octanol–water partition coefficient (Wildman–Crippen LogP) is 2.77. The van der Waals surface area contributed by atoms with E-state index in [9.17, 15) is 0 Å². The van der Waals surface area contributed by atoms with Crippen LogP contribution in [-0.2, 0) is 13.6 Å². The summed E-state index contributed by atoms with van der Waals surface area (Å²) in [6.45, 7) is 5.62. The zero-order valence-electron chi connectivity index (χ0n) is 13.3. The number of nitrogens with zero attached hydrogens (tertiary/aromatic N) is 3. The van der Waals surface area contributed by atoms with Gasteiger partial charge in [-0.15, -0.1) is 24.0 Å². The fourth-order valence-electron chi connectivity index (χ4n) is 2.03. The molecular weight excluding hydrogens is 389 g/mol. The van der Waals surface area contributed by atoms with Crippen LogP contribution in [0.25, 0.3) is 11.3 Å². The molecule has 2 rings (SSSR count). The van der Waals surface area contributed by atoms with Crippen molar-refractivity contribution >= 4 is 29.9 Å². The molecule has 0 bridgehead atoms. The average Bonchev–Trinajstić information content (AvgIpc) is 2.85. The van der Waals surface area contributed by atoms with Crippen molar-refractivity contribution in [2.75, 3.05) is 6.54 Å². The number of guanidine groups is 1. The van der Waals surface area contributed by atoms with Crippen LogP contribution in [0.4, 0.5) is 0 Å². The number of aliphatic imine (C=N–C) groups is 1. The van der Waals surface area contributed by atoms with Crippen LogP contribution in [-0.4, -0.2) is 22.3 Å². The first-order valence-corrected chi connectivity index (χ1v) is 7.18. The molecule has 0 spiro atoms. The lowest BCUT2D eigenvalue weighted by atomic mass is 10.1. The van der Waals surface area contributed by atoms with E-state index in [2.05, 4.69) is 41.4 Å². The molecule has 0 fully saturated rings. The van der Waals surface area contributed by atoms with Crippen LogP contribution < -0.4 is 11.1 Å². The van der Waals surface area contributed by atoms with Gasteiger partial charge in [-0.1, -0.05) is 44.2 Å². The normalized spacial score (nSPS) is 11.4. The molecule has 0 aliphatic rings. The highest BCUT2D eigenvalue weighted by Crippen LogP contribution is 2.22. The lowest BCUT2D eigenvalue weighted by Gasteiger charge is -2.07. The molecule has 3 N–H and O–H groups in total. The van der Waals surface area contributed by atoms with E-state index in [4.69, 9.17) is 5.73 Å². The smallest absolute Gasteiger partial charge is 0.188 e. The third-order valence-corrected chi connectivity index (χ3v) is 3.06. The molecule has 22 heavy (non-hydrogen) atoms. The number of aryl methyl sites for hydroxylation is 1. The molecule has 0 atom stereocenters. The van der Waals surface area contributed by atoms with Gasteiger partial charge in [0.05, 0.1) is 12.2 Å². The lowest BCUT2D eigenvalue weighted by Crippen LogP contribution is -2.34. The minimum absolute atomic E-state index is 0. The number of nitrogens with two attached hydrogens (primary N) is 1. The third kappa shape index (κ3) is 5.32. The maximum Gasteiger partial charge on any atom is 0.188 e. The van der Waals surface area contributed by atoms with Crippen molar-refractivity contribution in [1.29, 1.82) is 0 Å². The highest BCUT2D eigenvalue weighted by Gasteiger charge is 2.09. The maximum absolute atomic E-state index is 5.88. The van der Waals surface area contributed by atoms with Crippen LogP contribution in [0.1, 0.15) is 19.4 Å². The molecular formula is C16H24IN5. The van der Waals surface area contributed by atoms with E-state index in [-0.39, 0.29) is 24.0 Å². The average molecular weight is 413 g/mol. The number of aromatic nitrogens is 2. The zero-order valence-corrected chi connectivity index (χ0v) is 15.6. The molecule has 1 aromatic carbocycles. The van der Waals surface area contributed by atoms with E-state index in [1.54, 1.807) is 0 Å². The van der Waals surface area contributed by atoms with Crippen molar-refractivity contribution in [1.82, 2.24) is 15.1 Å². The van der Waals surface area contributed by atoms with Crippen molar-refractivity contribution in [3.63, 3.8) is 0 Å². The summed E-state index contributed by atoms with van der Waals surface area (Å²) in [5, 5.41) is 7.64. The van der Waals surface area contributed by atoms with Gasteiger partial charge in [-0.2, -0.15) is 5.10 Å². The van der Waals surface area contributed by atoms with Gasteiger partial charge in [-0.3, -0.25) is 4.68 Å². The number of halogens is 1. The van der Waals surface area contributed by atoms with Gasteiger partial charge >= 0.3 is 0 Å². The van der Waals surface area contributed by atoms with E-state index in [0.29, 0.717) is 18.4 Å². The molecule has 2 aromatic rings. The molecule has 0 saturated carbocycles. The van der Waals surface area contributed by atoms with E-state index in [1.165, 1.54) is 0 Å². The second kappa shape index (κ2) is 8.77. The summed E-state index contributed by atoms with van der Waals surface area (Å²) in [4.78, 5) is 4.40. The molecule has 0 radical (unpaired) electrons. The fourth-order valence-corrected chi connectivity index (χ4v) is 2.03. The van der Waals surface area contributed by atoms with Gasteiger partial charge in [0.15, 0.2) is 5.96 Å². The molecule has 1 heterocycles. The highest BCUT2D eigenvalue weighted by atomic mass is 127. The Kier molecular flexibility index (Phi) is 7.37. The summed E-state index contributed by atoms with van der Waals surface area (Å²) in [7, 11) is 1.92. The molecule has 0 aliphatic carbocycles. The van der Waals surface area contributed by atoms with Gasteiger partial charge in [0.1, 0.15) is 0 Å². The summed E-state index contributed by atoms with van der Waals surface area (Å²) in [5.74, 6) is 1.02. The van der Waals surface area contributed by atoms with E-state index >= 15 is 0 Å². The zero-order chi connectivity index (χ0) is 15.2. The molecule has 5 nitrogen and oxygen atoms in total. The Bertz CT molecular complexity index is 604. The van der Waals surface area contributed by atoms with Crippen molar-refractivity contribution in [3.8, 4) is 11.3 Å². The summed E-state index contributed by atoms with van der Waals surface area (Å²) < 4.78 is 1.81. The number of benzene rings is 1. The van der Waals surface area contributed by atoms with Gasteiger partial charge in [-0.25, -0.2) is 4.99 Å². The first-order chi connectivity index (χ1) is 10.1. The monoisotopic (exact) mass is 413 g/mol. The molecule has 0 saturated heterocycles. The quantitative estimate of drug-likeness (QED) is 0.450. The van der Waals surface area contributed by atoms with Crippen molar-refractivity contribution in [3.05, 3.63) is 42.1 Å². The van der Waals surface area contributed by atoms with Crippen LogP contribution in [0.5, 0.6) is 0 Å². The van der Waals surface area contributed by atoms with Crippen molar-refractivity contribution in [2.24, 2.45) is 23.7 Å².